The van der Waals surface area contributed by atoms with Gasteiger partial charge in [-0.2, -0.15) is 0 Å². The number of hydrogen-bond donors (Lipinski definition) is 1. The van der Waals surface area contributed by atoms with Crippen molar-refractivity contribution >= 4 is 11.2 Å². The number of imidazole rings is 1. The van der Waals surface area contributed by atoms with Gasteiger partial charge in [0.2, 0.25) is 0 Å². The predicted molar refractivity (Wildman–Crippen MR) is 72.5 cm³/mol. The maximum Gasteiger partial charge on any atom is 0.160 e. The summed E-state index contributed by atoms with van der Waals surface area (Å²) in [4.78, 5) is 9.29. The molecule has 4 nitrogen and oxygen atoms in total. The molecule has 96 valence electrons. The molecule has 0 spiro atoms. The Balaban J connectivity index is 2.01. The Morgan fingerprint density at radius 2 is 2.33 bits per heavy atom. The van der Waals surface area contributed by atoms with Crippen LogP contribution in [-0.4, -0.2) is 21.1 Å². The molecule has 1 aliphatic rings. The van der Waals surface area contributed by atoms with E-state index in [0.717, 1.165) is 30.6 Å². The second-order valence-electron chi connectivity index (χ2n) is 5.25. The van der Waals surface area contributed by atoms with Crippen molar-refractivity contribution in [1.29, 1.82) is 0 Å². The van der Waals surface area contributed by atoms with Gasteiger partial charge < -0.3 is 10.3 Å². The van der Waals surface area contributed by atoms with E-state index in [1.54, 1.807) is 0 Å². The Labute approximate surface area is 107 Å². The van der Waals surface area contributed by atoms with Crippen molar-refractivity contribution in [2.75, 3.05) is 6.54 Å². The van der Waals surface area contributed by atoms with Crippen LogP contribution in [0.4, 0.5) is 0 Å². The molecule has 1 unspecified atom stereocenters. The Morgan fingerprint density at radius 1 is 1.50 bits per heavy atom. The van der Waals surface area contributed by atoms with Crippen LogP contribution >= 0.6 is 0 Å². The lowest BCUT2D eigenvalue weighted by atomic mass is 10.0. The molecule has 0 saturated heterocycles. The first-order valence-electron chi connectivity index (χ1n) is 6.84. The molecule has 1 atom stereocenters. The van der Waals surface area contributed by atoms with Crippen molar-refractivity contribution in [3.8, 4) is 0 Å². The first-order chi connectivity index (χ1) is 8.81. The van der Waals surface area contributed by atoms with E-state index >= 15 is 0 Å². The lowest BCUT2D eigenvalue weighted by Crippen LogP contribution is -2.08. The van der Waals surface area contributed by atoms with Gasteiger partial charge >= 0.3 is 0 Å². The highest BCUT2D eigenvalue weighted by molar-refractivity contribution is 5.71. The topological polar surface area (TPSA) is 56.7 Å². The molecule has 1 fully saturated rings. The van der Waals surface area contributed by atoms with E-state index < -0.39 is 0 Å². The van der Waals surface area contributed by atoms with Crippen molar-refractivity contribution in [3.63, 3.8) is 0 Å². The molecule has 0 amide bonds. The van der Waals surface area contributed by atoms with E-state index in [2.05, 4.69) is 22.5 Å². The second-order valence-corrected chi connectivity index (χ2v) is 5.25. The molecule has 1 saturated carbocycles. The molecule has 0 aromatic carbocycles. The minimum Gasteiger partial charge on any atom is -0.330 e. The summed E-state index contributed by atoms with van der Waals surface area (Å²) in [5, 5.41) is 0. The average molecular weight is 244 g/mol. The number of fused-ring (bicyclic) bond motifs is 1. The minimum atomic E-state index is 0.461. The number of pyridine rings is 1. The van der Waals surface area contributed by atoms with Gasteiger partial charge in [0.15, 0.2) is 5.65 Å². The van der Waals surface area contributed by atoms with E-state index in [1.165, 1.54) is 18.7 Å². The lowest BCUT2D eigenvalue weighted by molar-refractivity contribution is 0.568. The molecule has 2 aromatic heterocycles. The third-order valence-electron chi connectivity index (χ3n) is 3.67. The third kappa shape index (κ3) is 2.01. The Morgan fingerprint density at radius 3 is 3.06 bits per heavy atom. The van der Waals surface area contributed by atoms with Crippen LogP contribution in [0.25, 0.3) is 11.2 Å². The average Bonchev–Trinajstić information content (AvgIpc) is 3.15. The van der Waals surface area contributed by atoms with E-state index in [9.17, 15) is 0 Å². The standard InChI is InChI=1S/C14H20N4/c1-10(4-2-8-15)13-17-12-5-3-9-16-14(12)18(13)11-6-7-11/h3,5,9-11H,2,4,6-8,15H2,1H3. The fraction of sp³-hybridized carbons (Fsp3) is 0.571. The number of hydrogen-bond acceptors (Lipinski definition) is 3. The Hall–Kier alpha value is -1.42. The van der Waals surface area contributed by atoms with E-state index in [4.69, 9.17) is 10.7 Å². The van der Waals surface area contributed by atoms with Gasteiger partial charge in [0.1, 0.15) is 11.3 Å². The van der Waals surface area contributed by atoms with Crippen molar-refractivity contribution < 1.29 is 0 Å². The van der Waals surface area contributed by atoms with Crippen molar-refractivity contribution in [2.45, 2.75) is 44.6 Å². The number of nitrogens with zero attached hydrogens (tertiary/aromatic N) is 3. The molecule has 3 rings (SSSR count). The molecular formula is C14H20N4. The smallest absolute Gasteiger partial charge is 0.160 e. The molecule has 2 aromatic rings. The summed E-state index contributed by atoms with van der Waals surface area (Å²) >= 11 is 0. The van der Waals surface area contributed by atoms with Gasteiger partial charge in [-0.15, -0.1) is 0 Å². The maximum absolute atomic E-state index is 5.60. The second kappa shape index (κ2) is 4.69. The summed E-state index contributed by atoms with van der Waals surface area (Å²) in [6.45, 7) is 3.00. The van der Waals surface area contributed by atoms with Crippen LogP contribution in [0, 0.1) is 0 Å². The van der Waals surface area contributed by atoms with E-state index in [0.29, 0.717) is 12.0 Å². The van der Waals surface area contributed by atoms with Crippen LogP contribution in [0.2, 0.25) is 0 Å². The summed E-state index contributed by atoms with van der Waals surface area (Å²) in [6.07, 6.45) is 6.55. The molecule has 2 N–H and O–H groups in total. The van der Waals surface area contributed by atoms with Crippen LogP contribution in [-0.2, 0) is 0 Å². The van der Waals surface area contributed by atoms with Gasteiger partial charge in [0, 0.05) is 18.2 Å². The maximum atomic E-state index is 5.60. The van der Waals surface area contributed by atoms with Crippen LogP contribution in [0.5, 0.6) is 0 Å². The summed E-state index contributed by atoms with van der Waals surface area (Å²) < 4.78 is 2.36. The molecule has 1 aliphatic carbocycles. The van der Waals surface area contributed by atoms with Crippen LogP contribution in [0.3, 0.4) is 0 Å². The Kier molecular flexibility index (Phi) is 3.04. The summed E-state index contributed by atoms with van der Waals surface area (Å²) in [6, 6.07) is 4.64. The summed E-state index contributed by atoms with van der Waals surface area (Å²) in [7, 11) is 0. The van der Waals surface area contributed by atoms with Crippen molar-refractivity contribution in [3.05, 3.63) is 24.2 Å². The first kappa shape index (κ1) is 11.7. The van der Waals surface area contributed by atoms with Crippen LogP contribution in [0.1, 0.15) is 50.4 Å². The molecule has 0 radical (unpaired) electrons. The zero-order valence-corrected chi connectivity index (χ0v) is 10.8. The van der Waals surface area contributed by atoms with Crippen molar-refractivity contribution in [1.82, 2.24) is 14.5 Å². The molecule has 4 heteroatoms. The van der Waals surface area contributed by atoms with Crippen LogP contribution in [0.15, 0.2) is 18.3 Å². The van der Waals surface area contributed by atoms with Crippen LogP contribution < -0.4 is 5.73 Å². The molecule has 0 aliphatic heterocycles. The van der Waals surface area contributed by atoms with Gasteiger partial charge in [-0.3, -0.25) is 0 Å². The molecular weight excluding hydrogens is 224 g/mol. The van der Waals surface area contributed by atoms with Gasteiger partial charge in [-0.05, 0) is 44.4 Å². The molecule has 18 heavy (non-hydrogen) atoms. The molecule has 0 bridgehead atoms. The zero-order valence-electron chi connectivity index (χ0n) is 10.8. The first-order valence-corrected chi connectivity index (χ1v) is 6.84. The lowest BCUT2D eigenvalue weighted by Gasteiger charge is -2.13. The molecule has 2 heterocycles. The number of nitrogens with two attached hydrogens (primary N) is 1. The largest absolute Gasteiger partial charge is 0.330 e. The highest BCUT2D eigenvalue weighted by atomic mass is 15.2. The summed E-state index contributed by atoms with van der Waals surface area (Å²) in [5.74, 6) is 1.66. The van der Waals surface area contributed by atoms with Gasteiger partial charge in [-0.25, -0.2) is 9.97 Å². The van der Waals surface area contributed by atoms with Gasteiger partial charge in [-0.1, -0.05) is 6.92 Å². The summed E-state index contributed by atoms with van der Waals surface area (Å²) in [5.41, 5.74) is 7.68. The highest BCUT2D eigenvalue weighted by Crippen LogP contribution is 2.40. The minimum absolute atomic E-state index is 0.461. The van der Waals surface area contributed by atoms with Crippen molar-refractivity contribution in [2.24, 2.45) is 5.73 Å². The monoisotopic (exact) mass is 244 g/mol. The number of aromatic nitrogens is 3. The van der Waals surface area contributed by atoms with E-state index in [-0.39, 0.29) is 0 Å². The van der Waals surface area contributed by atoms with E-state index in [1.807, 2.05) is 12.3 Å². The Bertz CT molecular complexity index is 542. The normalized spacial score (nSPS) is 17.2. The fourth-order valence-corrected chi connectivity index (χ4v) is 2.54. The quantitative estimate of drug-likeness (QED) is 0.879. The number of rotatable bonds is 5. The predicted octanol–water partition coefficient (Wildman–Crippen LogP) is 2.61. The SMILES string of the molecule is CC(CCCN)c1nc2cccnc2n1C1CC1. The highest BCUT2D eigenvalue weighted by Gasteiger charge is 2.30. The van der Waals surface area contributed by atoms with Gasteiger partial charge in [0.25, 0.3) is 0 Å². The van der Waals surface area contributed by atoms with Gasteiger partial charge in [0.05, 0.1) is 0 Å². The fourth-order valence-electron chi connectivity index (χ4n) is 2.54. The zero-order chi connectivity index (χ0) is 12.5. The third-order valence-corrected chi connectivity index (χ3v) is 3.67.